The highest BCUT2D eigenvalue weighted by molar-refractivity contribution is 9.10. The predicted molar refractivity (Wildman–Crippen MR) is 104 cm³/mol. The predicted octanol–water partition coefficient (Wildman–Crippen LogP) is 3.53. The lowest BCUT2D eigenvalue weighted by Crippen LogP contribution is -2.39. The van der Waals surface area contributed by atoms with Gasteiger partial charge in [-0.15, -0.1) is 0 Å². The smallest absolute Gasteiger partial charge is 0.276 e. The summed E-state index contributed by atoms with van der Waals surface area (Å²) in [5, 5.41) is 0. The third-order valence-electron chi connectivity index (χ3n) is 3.50. The van der Waals surface area contributed by atoms with Gasteiger partial charge in [-0.2, -0.15) is 0 Å². The Labute approximate surface area is 161 Å². The number of carbonyl (C=O) groups is 1. The molecule has 7 heteroatoms. The first-order valence-electron chi connectivity index (χ1n) is 7.89. The fraction of sp³-hybridized carbons (Fsp3) is 0.211. The summed E-state index contributed by atoms with van der Waals surface area (Å²) in [7, 11) is 3.16. The maximum Gasteiger partial charge on any atom is 0.276 e. The van der Waals surface area contributed by atoms with Crippen molar-refractivity contribution >= 4 is 27.5 Å². The monoisotopic (exact) mass is 420 g/mol. The molecule has 1 amide bonds. The fourth-order valence-corrected chi connectivity index (χ4v) is 2.43. The summed E-state index contributed by atoms with van der Waals surface area (Å²) in [6.07, 6.45) is 1.84. The highest BCUT2D eigenvalue weighted by Crippen LogP contribution is 2.29. The van der Waals surface area contributed by atoms with Gasteiger partial charge >= 0.3 is 0 Å². The van der Waals surface area contributed by atoms with Gasteiger partial charge in [0.25, 0.3) is 5.91 Å². The molecule has 6 nitrogen and oxygen atoms in total. The molecular formula is C19H21BrN2O4. The number of hydrazine groups is 1. The van der Waals surface area contributed by atoms with Crippen LogP contribution in [0.25, 0.3) is 5.70 Å². The number of allylic oxidation sites excluding steroid dienone is 1. The number of methoxy groups -OCH3 is 2. The number of rotatable bonds is 8. The van der Waals surface area contributed by atoms with Crippen molar-refractivity contribution in [1.29, 1.82) is 0 Å². The SMILES string of the molecule is C/C=C(/NNC(=O)COc1ccc(Br)cc1)c1ccc(OC)c(OC)c1. The molecule has 2 N–H and O–H groups in total. The van der Waals surface area contributed by atoms with Crippen molar-refractivity contribution in [2.45, 2.75) is 6.92 Å². The minimum Gasteiger partial charge on any atom is -0.493 e. The second-order valence-electron chi connectivity index (χ2n) is 5.19. The van der Waals surface area contributed by atoms with Crippen LogP contribution in [-0.2, 0) is 4.79 Å². The molecule has 2 aromatic rings. The van der Waals surface area contributed by atoms with Gasteiger partial charge in [-0.05, 0) is 49.4 Å². The van der Waals surface area contributed by atoms with E-state index in [1.54, 1.807) is 32.4 Å². The van der Waals surface area contributed by atoms with Crippen molar-refractivity contribution in [2.24, 2.45) is 0 Å². The first kappa shape index (κ1) is 19.7. The molecule has 0 bridgehead atoms. The third kappa shape index (κ3) is 5.42. The molecule has 2 rings (SSSR count). The Morgan fingerprint density at radius 2 is 1.73 bits per heavy atom. The molecule has 0 spiro atoms. The zero-order valence-corrected chi connectivity index (χ0v) is 16.4. The molecule has 0 radical (unpaired) electrons. The quantitative estimate of drug-likeness (QED) is 0.639. The molecule has 0 saturated heterocycles. The van der Waals surface area contributed by atoms with Crippen LogP contribution >= 0.6 is 15.9 Å². The summed E-state index contributed by atoms with van der Waals surface area (Å²) in [4.78, 5) is 12.0. The van der Waals surface area contributed by atoms with Crippen LogP contribution in [0.15, 0.2) is 53.0 Å². The number of amides is 1. The van der Waals surface area contributed by atoms with E-state index in [4.69, 9.17) is 14.2 Å². The van der Waals surface area contributed by atoms with Crippen LogP contribution in [0.3, 0.4) is 0 Å². The fourth-order valence-electron chi connectivity index (χ4n) is 2.17. The van der Waals surface area contributed by atoms with Crippen molar-refractivity contribution in [3.63, 3.8) is 0 Å². The van der Waals surface area contributed by atoms with Gasteiger partial charge in [0.15, 0.2) is 18.1 Å². The number of carbonyl (C=O) groups excluding carboxylic acids is 1. The Kier molecular flexibility index (Phi) is 7.35. The average Bonchev–Trinajstić information content (AvgIpc) is 2.67. The number of nitrogens with one attached hydrogen (secondary N) is 2. The Hall–Kier alpha value is -2.67. The summed E-state index contributed by atoms with van der Waals surface area (Å²) in [5.74, 6) is 1.57. The van der Waals surface area contributed by atoms with Crippen molar-refractivity contribution < 1.29 is 19.0 Å². The lowest BCUT2D eigenvalue weighted by atomic mass is 10.1. The zero-order valence-electron chi connectivity index (χ0n) is 14.8. The highest BCUT2D eigenvalue weighted by atomic mass is 79.9. The van der Waals surface area contributed by atoms with E-state index in [0.29, 0.717) is 17.2 Å². The van der Waals surface area contributed by atoms with E-state index in [0.717, 1.165) is 15.7 Å². The van der Waals surface area contributed by atoms with Crippen LogP contribution in [0.1, 0.15) is 12.5 Å². The van der Waals surface area contributed by atoms with Gasteiger partial charge in [0.2, 0.25) is 0 Å². The van der Waals surface area contributed by atoms with Gasteiger partial charge in [0.05, 0.1) is 19.9 Å². The molecular weight excluding hydrogens is 400 g/mol. The minimum atomic E-state index is -0.298. The molecule has 0 fully saturated rings. The zero-order chi connectivity index (χ0) is 18.9. The topological polar surface area (TPSA) is 68.8 Å². The molecule has 26 heavy (non-hydrogen) atoms. The van der Waals surface area contributed by atoms with E-state index < -0.39 is 0 Å². The molecule has 0 unspecified atom stereocenters. The van der Waals surface area contributed by atoms with Crippen molar-refractivity contribution in [2.75, 3.05) is 20.8 Å². The van der Waals surface area contributed by atoms with Gasteiger partial charge in [0.1, 0.15) is 5.75 Å². The van der Waals surface area contributed by atoms with Gasteiger partial charge in [-0.3, -0.25) is 15.6 Å². The first-order valence-corrected chi connectivity index (χ1v) is 8.68. The summed E-state index contributed by atoms with van der Waals surface area (Å²) >= 11 is 3.35. The van der Waals surface area contributed by atoms with E-state index in [2.05, 4.69) is 26.8 Å². The molecule has 0 aliphatic rings. The van der Waals surface area contributed by atoms with Gasteiger partial charge in [0, 0.05) is 10.0 Å². The van der Waals surface area contributed by atoms with Crippen molar-refractivity contribution in [3.05, 3.63) is 58.6 Å². The third-order valence-corrected chi connectivity index (χ3v) is 4.03. The van der Waals surface area contributed by atoms with E-state index in [-0.39, 0.29) is 12.5 Å². The molecule has 0 heterocycles. The molecule has 138 valence electrons. The summed E-state index contributed by atoms with van der Waals surface area (Å²) in [6.45, 7) is 1.76. The standard InChI is InChI=1S/C19H21BrN2O4/c1-4-16(13-5-10-17(24-2)18(11-13)25-3)21-22-19(23)12-26-15-8-6-14(20)7-9-15/h4-11,21H,12H2,1-3H3,(H,22,23)/b16-4+. The van der Waals surface area contributed by atoms with Gasteiger partial charge in [-0.1, -0.05) is 22.0 Å². The molecule has 0 atom stereocenters. The number of hydrogen-bond donors (Lipinski definition) is 2. The van der Waals surface area contributed by atoms with Crippen LogP contribution in [0.2, 0.25) is 0 Å². The number of hydrogen-bond acceptors (Lipinski definition) is 5. The number of benzene rings is 2. The summed E-state index contributed by atoms with van der Waals surface area (Å²) in [6, 6.07) is 12.8. The van der Waals surface area contributed by atoms with Crippen LogP contribution in [-0.4, -0.2) is 26.7 Å². The van der Waals surface area contributed by atoms with Crippen LogP contribution in [0, 0.1) is 0 Å². The van der Waals surface area contributed by atoms with Crippen LogP contribution in [0.4, 0.5) is 0 Å². The minimum absolute atomic E-state index is 0.0996. The largest absolute Gasteiger partial charge is 0.493 e. The average molecular weight is 421 g/mol. The van der Waals surface area contributed by atoms with E-state index in [1.807, 2.05) is 37.3 Å². The normalized spacial score (nSPS) is 10.8. The molecule has 0 aliphatic carbocycles. The maximum atomic E-state index is 12.0. The highest BCUT2D eigenvalue weighted by Gasteiger charge is 2.09. The van der Waals surface area contributed by atoms with E-state index in [9.17, 15) is 4.79 Å². The van der Waals surface area contributed by atoms with E-state index >= 15 is 0 Å². The summed E-state index contributed by atoms with van der Waals surface area (Å²) < 4.78 is 16.9. The number of ether oxygens (including phenoxy) is 3. The van der Waals surface area contributed by atoms with Gasteiger partial charge in [-0.25, -0.2) is 0 Å². The maximum absolute atomic E-state index is 12.0. The molecule has 0 aliphatic heterocycles. The first-order chi connectivity index (χ1) is 12.6. The Bertz CT molecular complexity index is 776. The number of halogens is 1. The Morgan fingerprint density at radius 3 is 2.35 bits per heavy atom. The van der Waals surface area contributed by atoms with Gasteiger partial charge < -0.3 is 14.2 Å². The second-order valence-corrected chi connectivity index (χ2v) is 6.10. The van der Waals surface area contributed by atoms with Crippen LogP contribution < -0.4 is 25.1 Å². The summed E-state index contributed by atoms with van der Waals surface area (Å²) in [5.41, 5.74) is 7.09. The van der Waals surface area contributed by atoms with Crippen molar-refractivity contribution in [1.82, 2.24) is 10.9 Å². The van der Waals surface area contributed by atoms with Crippen molar-refractivity contribution in [3.8, 4) is 17.2 Å². The Balaban J connectivity index is 1.92. The molecule has 0 aromatic heterocycles. The van der Waals surface area contributed by atoms with Crippen LogP contribution in [0.5, 0.6) is 17.2 Å². The molecule has 0 saturated carbocycles. The van der Waals surface area contributed by atoms with E-state index in [1.165, 1.54) is 0 Å². The Morgan fingerprint density at radius 1 is 1.04 bits per heavy atom. The lowest BCUT2D eigenvalue weighted by Gasteiger charge is -2.15. The molecule has 2 aromatic carbocycles. The lowest BCUT2D eigenvalue weighted by molar-refractivity contribution is -0.123. The second kappa shape index (κ2) is 9.72.